The maximum absolute atomic E-state index is 5.82. The summed E-state index contributed by atoms with van der Waals surface area (Å²) in [6.07, 6.45) is 13.1. The molecule has 0 amide bonds. The van der Waals surface area contributed by atoms with E-state index in [4.69, 9.17) is 4.74 Å². The van der Waals surface area contributed by atoms with Gasteiger partial charge in [0, 0.05) is 0 Å². The minimum atomic E-state index is 0.818. The lowest BCUT2D eigenvalue weighted by atomic mass is 10.0. The molecule has 0 unspecified atom stereocenters. The first kappa shape index (κ1) is 19.3. The third-order valence-corrected chi connectivity index (χ3v) is 4.40. The van der Waals surface area contributed by atoms with Gasteiger partial charge in [-0.1, -0.05) is 94.5 Å². The highest BCUT2D eigenvalue weighted by atomic mass is 16.5. The minimum absolute atomic E-state index is 0.818. The minimum Gasteiger partial charge on any atom is -0.494 e. The first-order chi connectivity index (χ1) is 12.3. The Bertz CT molecular complexity index is 608. The van der Waals surface area contributed by atoms with Gasteiger partial charge in [0.05, 0.1) is 6.61 Å². The second-order valence-corrected chi connectivity index (χ2v) is 6.60. The summed E-state index contributed by atoms with van der Waals surface area (Å²) >= 11 is 0. The smallest absolute Gasteiger partial charge is 0.119 e. The normalized spacial score (nSPS) is 11.1. The molecule has 0 bridgehead atoms. The van der Waals surface area contributed by atoms with Crippen molar-refractivity contribution in [3.63, 3.8) is 0 Å². The van der Waals surface area contributed by atoms with Crippen LogP contribution in [0.5, 0.6) is 5.75 Å². The Morgan fingerprint density at radius 2 is 1.36 bits per heavy atom. The molecular formula is C24H32O. The highest BCUT2D eigenvalue weighted by Crippen LogP contribution is 2.23. The predicted molar refractivity (Wildman–Crippen MR) is 110 cm³/mol. The van der Waals surface area contributed by atoms with Gasteiger partial charge in [0.1, 0.15) is 5.75 Å². The van der Waals surface area contributed by atoms with Gasteiger partial charge in [0.25, 0.3) is 0 Å². The molecule has 1 heteroatoms. The van der Waals surface area contributed by atoms with Crippen molar-refractivity contribution in [3.8, 4) is 16.9 Å². The third-order valence-electron chi connectivity index (χ3n) is 4.40. The van der Waals surface area contributed by atoms with E-state index >= 15 is 0 Å². The summed E-state index contributed by atoms with van der Waals surface area (Å²) < 4.78 is 5.82. The second kappa shape index (κ2) is 11.5. The zero-order chi connectivity index (χ0) is 17.7. The second-order valence-electron chi connectivity index (χ2n) is 6.60. The molecule has 0 radical (unpaired) electrons. The summed E-state index contributed by atoms with van der Waals surface area (Å²) in [7, 11) is 0. The fourth-order valence-corrected chi connectivity index (χ4v) is 2.79. The Morgan fingerprint density at radius 1 is 0.720 bits per heavy atom. The average molecular weight is 337 g/mol. The van der Waals surface area contributed by atoms with Crippen molar-refractivity contribution in [2.45, 2.75) is 58.8 Å². The summed E-state index contributed by atoms with van der Waals surface area (Å²) in [5.74, 6) is 0.968. The van der Waals surface area contributed by atoms with Crippen LogP contribution in [0.3, 0.4) is 0 Å². The molecule has 0 aliphatic heterocycles. The topological polar surface area (TPSA) is 9.23 Å². The molecule has 0 spiro atoms. The fraction of sp³-hybridized carbons (Fsp3) is 0.417. The quantitative estimate of drug-likeness (QED) is 0.386. The van der Waals surface area contributed by atoms with Crippen LogP contribution in [0.1, 0.15) is 64.4 Å². The van der Waals surface area contributed by atoms with Crippen molar-refractivity contribution in [3.05, 3.63) is 60.2 Å². The molecule has 0 heterocycles. The molecule has 0 aromatic heterocycles. The van der Waals surface area contributed by atoms with Crippen LogP contribution in [-0.4, -0.2) is 6.61 Å². The van der Waals surface area contributed by atoms with Gasteiger partial charge in [-0.25, -0.2) is 0 Å². The van der Waals surface area contributed by atoms with Crippen molar-refractivity contribution >= 4 is 6.08 Å². The molecule has 0 aliphatic rings. The molecule has 2 rings (SSSR count). The van der Waals surface area contributed by atoms with Crippen LogP contribution in [-0.2, 0) is 0 Å². The number of hydrogen-bond acceptors (Lipinski definition) is 1. The van der Waals surface area contributed by atoms with E-state index in [2.05, 4.69) is 74.5 Å². The van der Waals surface area contributed by atoms with Gasteiger partial charge in [-0.05, 0) is 41.7 Å². The number of hydrogen-bond donors (Lipinski definition) is 0. The lowest BCUT2D eigenvalue weighted by molar-refractivity contribution is 0.305. The summed E-state index contributed by atoms with van der Waals surface area (Å²) in [6, 6.07) is 17.2. The van der Waals surface area contributed by atoms with Gasteiger partial charge in [-0.15, -0.1) is 0 Å². The zero-order valence-electron chi connectivity index (χ0n) is 15.8. The molecule has 0 saturated carbocycles. The molecule has 25 heavy (non-hydrogen) atoms. The van der Waals surface area contributed by atoms with Crippen LogP contribution in [0.4, 0.5) is 0 Å². The van der Waals surface area contributed by atoms with Crippen molar-refractivity contribution in [2.75, 3.05) is 6.61 Å². The van der Waals surface area contributed by atoms with Gasteiger partial charge in [-0.2, -0.15) is 0 Å². The summed E-state index contributed by atoms with van der Waals surface area (Å²) in [5.41, 5.74) is 3.76. The maximum atomic E-state index is 5.82. The standard InChI is InChI=1S/C24H32O/c1-3-5-7-9-11-21-12-14-22(15-13-21)23-16-18-24(19-17-23)25-20-10-8-6-4-2/h9,11-19H,3-8,10,20H2,1-2H3/b11-9+. The van der Waals surface area contributed by atoms with Gasteiger partial charge in [0.2, 0.25) is 0 Å². The number of ether oxygens (including phenoxy) is 1. The molecule has 0 fully saturated rings. The number of unbranched alkanes of at least 4 members (excludes halogenated alkanes) is 5. The van der Waals surface area contributed by atoms with Gasteiger partial charge in [0.15, 0.2) is 0 Å². The van der Waals surface area contributed by atoms with E-state index in [1.807, 2.05) is 0 Å². The van der Waals surface area contributed by atoms with E-state index < -0.39 is 0 Å². The summed E-state index contributed by atoms with van der Waals surface area (Å²) in [4.78, 5) is 0. The van der Waals surface area contributed by atoms with E-state index in [1.165, 1.54) is 48.8 Å². The highest BCUT2D eigenvalue weighted by Gasteiger charge is 1.99. The highest BCUT2D eigenvalue weighted by molar-refractivity contribution is 5.66. The van der Waals surface area contributed by atoms with E-state index in [9.17, 15) is 0 Å². The van der Waals surface area contributed by atoms with Gasteiger partial charge in [-0.3, -0.25) is 0 Å². The first-order valence-electron chi connectivity index (χ1n) is 9.83. The summed E-state index contributed by atoms with van der Waals surface area (Å²) in [5, 5.41) is 0. The van der Waals surface area contributed by atoms with Crippen molar-refractivity contribution in [1.29, 1.82) is 0 Å². The molecule has 1 nitrogen and oxygen atoms in total. The monoisotopic (exact) mass is 336 g/mol. The van der Waals surface area contributed by atoms with Crippen LogP contribution < -0.4 is 4.74 Å². The van der Waals surface area contributed by atoms with Crippen LogP contribution in [0.2, 0.25) is 0 Å². The molecule has 2 aromatic carbocycles. The molecule has 0 atom stereocenters. The maximum Gasteiger partial charge on any atom is 0.119 e. The molecule has 0 N–H and O–H groups in total. The molecule has 0 aliphatic carbocycles. The van der Waals surface area contributed by atoms with Crippen LogP contribution in [0.25, 0.3) is 17.2 Å². The summed E-state index contributed by atoms with van der Waals surface area (Å²) in [6.45, 7) is 5.28. The zero-order valence-corrected chi connectivity index (χ0v) is 15.8. The third kappa shape index (κ3) is 7.17. The van der Waals surface area contributed by atoms with Crippen LogP contribution in [0.15, 0.2) is 54.6 Å². The molecule has 134 valence electrons. The Morgan fingerprint density at radius 3 is 2.00 bits per heavy atom. The lowest BCUT2D eigenvalue weighted by Crippen LogP contribution is -1.96. The Labute approximate surface area is 153 Å². The Hall–Kier alpha value is -2.02. The fourth-order valence-electron chi connectivity index (χ4n) is 2.79. The van der Waals surface area contributed by atoms with Crippen molar-refractivity contribution < 1.29 is 4.74 Å². The first-order valence-corrected chi connectivity index (χ1v) is 9.83. The van der Waals surface area contributed by atoms with Crippen molar-refractivity contribution in [1.82, 2.24) is 0 Å². The Balaban J connectivity index is 1.85. The molecular weight excluding hydrogens is 304 g/mol. The van der Waals surface area contributed by atoms with Crippen LogP contribution in [0, 0.1) is 0 Å². The van der Waals surface area contributed by atoms with Crippen molar-refractivity contribution in [2.24, 2.45) is 0 Å². The van der Waals surface area contributed by atoms with Crippen LogP contribution >= 0.6 is 0 Å². The SMILES string of the molecule is CCCC/C=C/c1ccc(-c2ccc(OCCCCCC)cc2)cc1. The van der Waals surface area contributed by atoms with Gasteiger partial charge < -0.3 is 4.74 Å². The molecule has 2 aromatic rings. The van der Waals surface area contributed by atoms with Gasteiger partial charge >= 0.3 is 0 Å². The largest absolute Gasteiger partial charge is 0.494 e. The predicted octanol–water partition coefficient (Wildman–Crippen LogP) is 7.52. The van der Waals surface area contributed by atoms with E-state index in [-0.39, 0.29) is 0 Å². The molecule has 0 saturated heterocycles. The number of allylic oxidation sites excluding steroid dienone is 1. The Kier molecular flexibility index (Phi) is 8.90. The van der Waals surface area contributed by atoms with E-state index in [0.29, 0.717) is 0 Å². The average Bonchev–Trinajstić information content (AvgIpc) is 2.66. The van der Waals surface area contributed by atoms with E-state index in [0.717, 1.165) is 25.2 Å². The number of benzene rings is 2. The number of rotatable bonds is 11. The van der Waals surface area contributed by atoms with E-state index in [1.54, 1.807) is 0 Å². The lowest BCUT2D eigenvalue weighted by Gasteiger charge is -2.07.